The molecule has 0 aliphatic carbocycles. The summed E-state index contributed by atoms with van der Waals surface area (Å²) in [5.41, 5.74) is 2.65. The lowest BCUT2D eigenvalue weighted by molar-refractivity contribution is 0.176. The largest absolute Gasteiger partial charge is 0.388 e. The van der Waals surface area contributed by atoms with Crippen LogP contribution in [0.5, 0.6) is 0 Å². The molecule has 4 heteroatoms. The number of aromatic nitrogens is 1. The Morgan fingerprint density at radius 2 is 2.17 bits per heavy atom. The van der Waals surface area contributed by atoms with Gasteiger partial charge in [-0.25, -0.2) is 4.39 Å². The van der Waals surface area contributed by atoms with Gasteiger partial charge >= 0.3 is 0 Å². The number of benzene rings is 1. The standard InChI is InChI=1S/C14H13FINO/c1-9-3-2-6-17-13(9)8-14(18)11-5-4-10(15)7-12(11)16/h2-7,14,18H,8H2,1H3. The molecule has 1 N–H and O–H groups in total. The zero-order valence-electron chi connectivity index (χ0n) is 9.90. The Morgan fingerprint density at radius 3 is 2.83 bits per heavy atom. The van der Waals surface area contributed by atoms with E-state index in [2.05, 4.69) is 4.98 Å². The van der Waals surface area contributed by atoms with E-state index in [-0.39, 0.29) is 5.82 Å². The summed E-state index contributed by atoms with van der Waals surface area (Å²) in [6, 6.07) is 8.24. The van der Waals surface area contributed by atoms with Crippen molar-refractivity contribution in [2.24, 2.45) is 0 Å². The first-order valence-electron chi connectivity index (χ1n) is 5.61. The minimum absolute atomic E-state index is 0.288. The number of hydrogen-bond acceptors (Lipinski definition) is 2. The Balaban J connectivity index is 2.22. The summed E-state index contributed by atoms with van der Waals surface area (Å²) in [6.45, 7) is 1.96. The van der Waals surface area contributed by atoms with Crippen LogP contribution in [-0.2, 0) is 6.42 Å². The molecule has 0 radical (unpaired) electrons. The number of aliphatic hydroxyl groups is 1. The van der Waals surface area contributed by atoms with Gasteiger partial charge in [-0.15, -0.1) is 0 Å². The van der Waals surface area contributed by atoms with Gasteiger partial charge in [-0.05, 0) is 58.8 Å². The lowest BCUT2D eigenvalue weighted by Crippen LogP contribution is -2.06. The van der Waals surface area contributed by atoms with Crippen molar-refractivity contribution < 1.29 is 9.50 Å². The minimum atomic E-state index is -0.661. The fourth-order valence-corrected chi connectivity index (χ4v) is 2.63. The van der Waals surface area contributed by atoms with Gasteiger partial charge in [0.15, 0.2) is 0 Å². The van der Waals surface area contributed by atoms with Crippen LogP contribution in [0.2, 0.25) is 0 Å². The van der Waals surface area contributed by atoms with Gasteiger partial charge in [0.25, 0.3) is 0 Å². The molecule has 0 saturated carbocycles. The number of aliphatic hydroxyl groups excluding tert-OH is 1. The second kappa shape index (κ2) is 5.75. The zero-order valence-corrected chi connectivity index (χ0v) is 12.1. The van der Waals surface area contributed by atoms with Crippen LogP contribution in [0.4, 0.5) is 4.39 Å². The van der Waals surface area contributed by atoms with Gasteiger partial charge in [-0.1, -0.05) is 12.1 Å². The highest BCUT2D eigenvalue weighted by atomic mass is 127. The average Bonchev–Trinajstić information content (AvgIpc) is 2.32. The smallest absolute Gasteiger partial charge is 0.124 e. The van der Waals surface area contributed by atoms with Crippen LogP contribution >= 0.6 is 22.6 Å². The van der Waals surface area contributed by atoms with Gasteiger partial charge < -0.3 is 5.11 Å². The SMILES string of the molecule is Cc1cccnc1CC(O)c1ccc(F)cc1I. The second-order valence-electron chi connectivity index (χ2n) is 4.15. The maximum absolute atomic E-state index is 13.0. The maximum Gasteiger partial charge on any atom is 0.124 e. The molecule has 0 spiro atoms. The van der Waals surface area contributed by atoms with Gasteiger partial charge in [0.05, 0.1) is 6.10 Å². The molecule has 1 atom stereocenters. The van der Waals surface area contributed by atoms with Crippen molar-refractivity contribution >= 4 is 22.6 Å². The summed E-state index contributed by atoms with van der Waals surface area (Å²) in [4.78, 5) is 4.25. The van der Waals surface area contributed by atoms with Crippen LogP contribution in [-0.4, -0.2) is 10.1 Å². The van der Waals surface area contributed by atoms with Crippen LogP contribution in [0.3, 0.4) is 0 Å². The third-order valence-corrected chi connectivity index (χ3v) is 3.76. The monoisotopic (exact) mass is 357 g/mol. The predicted octanol–water partition coefficient (Wildman–Crippen LogP) is 3.41. The molecular weight excluding hydrogens is 344 g/mol. The van der Waals surface area contributed by atoms with Crippen LogP contribution in [0.1, 0.15) is 22.9 Å². The van der Waals surface area contributed by atoms with E-state index in [1.165, 1.54) is 12.1 Å². The molecule has 1 aromatic heterocycles. The summed E-state index contributed by atoms with van der Waals surface area (Å²) in [6.07, 6.45) is 1.49. The van der Waals surface area contributed by atoms with E-state index in [1.54, 1.807) is 12.3 Å². The van der Waals surface area contributed by atoms with Crippen LogP contribution < -0.4 is 0 Å². The normalized spacial score (nSPS) is 12.4. The van der Waals surface area contributed by atoms with Crippen molar-refractivity contribution in [2.45, 2.75) is 19.4 Å². The molecule has 0 aliphatic heterocycles. The Labute approximate surface area is 119 Å². The molecule has 94 valence electrons. The minimum Gasteiger partial charge on any atom is -0.388 e. The zero-order chi connectivity index (χ0) is 13.1. The highest BCUT2D eigenvalue weighted by Gasteiger charge is 2.14. The quantitative estimate of drug-likeness (QED) is 0.855. The van der Waals surface area contributed by atoms with Crippen LogP contribution in [0, 0.1) is 16.3 Å². The number of nitrogens with zero attached hydrogens (tertiary/aromatic N) is 1. The van der Waals surface area contributed by atoms with E-state index in [0.717, 1.165) is 20.4 Å². The van der Waals surface area contributed by atoms with E-state index >= 15 is 0 Å². The second-order valence-corrected chi connectivity index (χ2v) is 5.31. The average molecular weight is 357 g/mol. The molecule has 2 aromatic rings. The van der Waals surface area contributed by atoms with Crippen molar-refractivity contribution in [1.29, 1.82) is 0 Å². The first-order valence-corrected chi connectivity index (χ1v) is 6.69. The molecular formula is C14H13FINO. The molecule has 0 bridgehead atoms. The fraction of sp³-hybridized carbons (Fsp3) is 0.214. The summed E-state index contributed by atoms with van der Waals surface area (Å²) < 4.78 is 13.7. The van der Waals surface area contributed by atoms with Crippen molar-refractivity contribution in [3.8, 4) is 0 Å². The molecule has 2 rings (SSSR count). The molecule has 0 amide bonds. The summed E-state index contributed by atoms with van der Waals surface area (Å²) in [7, 11) is 0. The van der Waals surface area contributed by atoms with Crippen molar-refractivity contribution in [1.82, 2.24) is 4.98 Å². The maximum atomic E-state index is 13.0. The van der Waals surface area contributed by atoms with Crippen LogP contribution in [0.25, 0.3) is 0 Å². The number of rotatable bonds is 3. The predicted molar refractivity (Wildman–Crippen MR) is 76.8 cm³/mol. The van der Waals surface area contributed by atoms with Gasteiger partial charge in [0, 0.05) is 21.9 Å². The van der Waals surface area contributed by atoms with Crippen molar-refractivity contribution in [3.05, 3.63) is 62.7 Å². The third-order valence-electron chi connectivity index (χ3n) is 2.83. The van der Waals surface area contributed by atoms with Crippen LogP contribution in [0.15, 0.2) is 36.5 Å². The third kappa shape index (κ3) is 3.05. The summed E-state index contributed by atoms with van der Waals surface area (Å²) in [5.74, 6) is -0.288. The molecule has 2 nitrogen and oxygen atoms in total. The molecule has 0 fully saturated rings. The van der Waals surface area contributed by atoms with E-state index in [1.807, 2.05) is 41.6 Å². The summed E-state index contributed by atoms with van der Waals surface area (Å²) >= 11 is 2.03. The van der Waals surface area contributed by atoms with Gasteiger partial charge in [-0.2, -0.15) is 0 Å². The Kier molecular flexibility index (Phi) is 4.29. The molecule has 1 aromatic carbocycles. The number of halogens is 2. The Hall–Kier alpha value is -1.01. The lowest BCUT2D eigenvalue weighted by atomic mass is 10.0. The molecule has 18 heavy (non-hydrogen) atoms. The summed E-state index contributed by atoms with van der Waals surface area (Å²) in [5, 5.41) is 10.2. The molecule has 0 aliphatic rings. The first-order chi connectivity index (χ1) is 8.58. The Morgan fingerprint density at radius 1 is 1.39 bits per heavy atom. The Bertz CT molecular complexity index is 559. The highest BCUT2D eigenvalue weighted by Crippen LogP contribution is 2.24. The van der Waals surface area contributed by atoms with Crippen molar-refractivity contribution in [2.75, 3.05) is 0 Å². The van der Waals surface area contributed by atoms with E-state index in [4.69, 9.17) is 0 Å². The lowest BCUT2D eigenvalue weighted by Gasteiger charge is -2.13. The topological polar surface area (TPSA) is 33.1 Å². The number of hydrogen-bond donors (Lipinski definition) is 1. The van der Waals surface area contributed by atoms with E-state index in [9.17, 15) is 9.50 Å². The molecule has 0 saturated heterocycles. The molecule has 1 unspecified atom stereocenters. The first kappa shape index (κ1) is 13.4. The van der Waals surface area contributed by atoms with Gasteiger partial charge in [0.1, 0.15) is 5.82 Å². The molecule has 1 heterocycles. The number of pyridine rings is 1. The number of aryl methyl sites for hydroxylation is 1. The van der Waals surface area contributed by atoms with Gasteiger partial charge in [-0.3, -0.25) is 4.98 Å². The van der Waals surface area contributed by atoms with E-state index < -0.39 is 6.10 Å². The van der Waals surface area contributed by atoms with Gasteiger partial charge in [0.2, 0.25) is 0 Å². The highest BCUT2D eigenvalue weighted by molar-refractivity contribution is 14.1. The van der Waals surface area contributed by atoms with E-state index in [0.29, 0.717) is 6.42 Å². The fourth-order valence-electron chi connectivity index (χ4n) is 1.80. The van der Waals surface area contributed by atoms with Crippen molar-refractivity contribution in [3.63, 3.8) is 0 Å².